The Morgan fingerprint density at radius 1 is 1.39 bits per heavy atom. The molecule has 0 N–H and O–H groups in total. The largest absolute Gasteiger partial charge is 0.339 e. The number of rotatable bonds is 3. The number of piperidine rings is 1. The van der Waals surface area contributed by atoms with E-state index in [1.807, 2.05) is 18.7 Å². The van der Waals surface area contributed by atoms with E-state index in [1.54, 1.807) is 19.2 Å². The van der Waals surface area contributed by atoms with E-state index < -0.39 is 0 Å². The van der Waals surface area contributed by atoms with Crippen LogP contribution >= 0.6 is 0 Å². The minimum Gasteiger partial charge on any atom is -0.339 e. The van der Waals surface area contributed by atoms with Crippen molar-refractivity contribution >= 4 is 5.91 Å². The topological polar surface area (TPSA) is 85.0 Å². The average Bonchev–Trinajstić information content (AvgIpc) is 3.04. The molecule has 1 aliphatic heterocycles. The molecular weight excluding hydrogens is 294 g/mol. The van der Waals surface area contributed by atoms with Gasteiger partial charge in [0, 0.05) is 31.1 Å². The van der Waals surface area contributed by atoms with Gasteiger partial charge in [-0.1, -0.05) is 19.0 Å². The van der Waals surface area contributed by atoms with Crippen LogP contribution in [0.15, 0.2) is 16.8 Å². The normalized spacial score (nSPS) is 18.4. The third-order valence-electron chi connectivity index (χ3n) is 4.02. The quantitative estimate of drug-likeness (QED) is 0.864. The van der Waals surface area contributed by atoms with E-state index in [1.165, 1.54) is 0 Å². The van der Waals surface area contributed by atoms with Crippen LogP contribution in [0.4, 0.5) is 0 Å². The van der Waals surface area contributed by atoms with E-state index in [-0.39, 0.29) is 17.7 Å². The molecule has 1 saturated heterocycles. The molecule has 0 radical (unpaired) electrons. The van der Waals surface area contributed by atoms with Crippen molar-refractivity contribution in [2.45, 2.75) is 45.4 Å². The van der Waals surface area contributed by atoms with Crippen molar-refractivity contribution in [3.05, 3.63) is 35.5 Å². The van der Waals surface area contributed by atoms with Crippen LogP contribution in [-0.4, -0.2) is 44.0 Å². The maximum atomic E-state index is 12.6. The molecule has 1 fully saturated rings. The Morgan fingerprint density at radius 3 is 2.91 bits per heavy atom. The maximum Gasteiger partial charge on any atom is 0.272 e. The first-order valence-corrected chi connectivity index (χ1v) is 7.97. The van der Waals surface area contributed by atoms with E-state index in [4.69, 9.17) is 4.52 Å². The lowest BCUT2D eigenvalue weighted by Gasteiger charge is -2.31. The van der Waals surface area contributed by atoms with Crippen molar-refractivity contribution in [3.8, 4) is 0 Å². The van der Waals surface area contributed by atoms with E-state index >= 15 is 0 Å². The second-order valence-corrected chi connectivity index (χ2v) is 6.22. The van der Waals surface area contributed by atoms with Gasteiger partial charge in [-0.2, -0.15) is 4.98 Å². The summed E-state index contributed by atoms with van der Waals surface area (Å²) in [5, 5.41) is 4.09. The number of aromatic nitrogens is 4. The molecular formula is C16H21N5O2. The first-order valence-electron chi connectivity index (χ1n) is 7.97. The summed E-state index contributed by atoms with van der Waals surface area (Å²) in [5.74, 6) is 2.21. The monoisotopic (exact) mass is 315 g/mol. The van der Waals surface area contributed by atoms with Crippen molar-refractivity contribution in [2.75, 3.05) is 13.1 Å². The van der Waals surface area contributed by atoms with Crippen LogP contribution in [0.25, 0.3) is 0 Å². The van der Waals surface area contributed by atoms with Gasteiger partial charge in [0.25, 0.3) is 5.91 Å². The van der Waals surface area contributed by atoms with Gasteiger partial charge in [0.2, 0.25) is 5.89 Å². The molecule has 7 heteroatoms. The van der Waals surface area contributed by atoms with Gasteiger partial charge in [0.15, 0.2) is 5.82 Å². The molecule has 1 amide bonds. The highest BCUT2D eigenvalue weighted by Gasteiger charge is 2.29. The molecule has 1 aliphatic rings. The number of carbonyl (C=O) groups excluding carboxylic acids is 1. The Bertz CT molecular complexity index is 697. The van der Waals surface area contributed by atoms with E-state index in [9.17, 15) is 4.79 Å². The molecule has 0 spiro atoms. The summed E-state index contributed by atoms with van der Waals surface area (Å²) < 4.78 is 5.29. The molecule has 23 heavy (non-hydrogen) atoms. The summed E-state index contributed by atoms with van der Waals surface area (Å²) in [6.07, 6.45) is 3.50. The first-order chi connectivity index (χ1) is 11.0. The van der Waals surface area contributed by atoms with Crippen molar-refractivity contribution in [2.24, 2.45) is 0 Å². The molecule has 0 aromatic carbocycles. The third-order valence-corrected chi connectivity index (χ3v) is 4.02. The number of aryl methyl sites for hydroxylation is 1. The number of amides is 1. The molecule has 3 heterocycles. The van der Waals surface area contributed by atoms with Crippen LogP contribution in [0, 0.1) is 6.92 Å². The van der Waals surface area contributed by atoms with Crippen molar-refractivity contribution in [3.63, 3.8) is 0 Å². The molecule has 2 aromatic heterocycles. The highest BCUT2D eigenvalue weighted by atomic mass is 16.5. The average molecular weight is 315 g/mol. The highest BCUT2D eigenvalue weighted by molar-refractivity contribution is 5.92. The summed E-state index contributed by atoms with van der Waals surface area (Å²) >= 11 is 0. The lowest BCUT2D eigenvalue weighted by Crippen LogP contribution is -2.39. The molecule has 1 atom stereocenters. The van der Waals surface area contributed by atoms with Crippen molar-refractivity contribution < 1.29 is 9.32 Å². The van der Waals surface area contributed by atoms with Gasteiger partial charge in [0.1, 0.15) is 11.5 Å². The molecule has 122 valence electrons. The smallest absolute Gasteiger partial charge is 0.272 e. The fraction of sp³-hybridized carbons (Fsp3) is 0.562. The number of carbonyl (C=O) groups is 1. The Balaban J connectivity index is 1.73. The summed E-state index contributed by atoms with van der Waals surface area (Å²) in [6, 6.07) is 1.66. The number of likely N-dealkylation sites (tertiary alicyclic amines) is 1. The molecule has 0 aliphatic carbocycles. The molecule has 7 nitrogen and oxygen atoms in total. The summed E-state index contributed by atoms with van der Waals surface area (Å²) in [7, 11) is 0. The second-order valence-electron chi connectivity index (χ2n) is 6.22. The number of hydrogen-bond acceptors (Lipinski definition) is 6. The standard InChI is InChI=1S/C16H21N5O2/c1-10(2)15-19-14(20-23-15)12-5-4-8-21(9-12)16(22)13-6-7-17-11(3)18-13/h6-7,10,12H,4-5,8-9H2,1-3H3/t12-/m1/s1. The fourth-order valence-electron chi connectivity index (χ4n) is 2.76. The Kier molecular flexibility index (Phi) is 4.36. The zero-order valence-electron chi connectivity index (χ0n) is 13.7. The van der Waals surface area contributed by atoms with Gasteiger partial charge < -0.3 is 9.42 Å². The summed E-state index contributed by atoms with van der Waals surface area (Å²) in [6.45, 7) is 7.14. The summed E-state index contributed by atoms with van der Waals surface area (Å²) in [4.78, 5) is 27.2. The Hall–Kier alpha value is -2.31. The minimum absolute atomic E-state index is 0.0622. The lowest BCUT2D eigenvalue weighted by molar-refractivity contribution is 0.0697. The van der Waals surface area contributed by atoms with E-state index in [0.29, 0.717) is 29.8 Å². The molecule has 0 saturated carbocycles. The van der Waals surface area contributed by atoms with Gasteiger partial charge in [-0.25, -0.2) is 9.97 Å². The van der Waals surface area contributed by atoms with Gasteiger partial charge in [-0.15, -0.1) is 0 Å². The predicted molar refractivity (Wildman–Crippen MR) is 83.0 cm³/mol. The fourth-order valence-corrected chi connectivity index (χ4v) is 2.76. The minimum atomic E-state index is -0.0622. The van der Waals surface area contributed by atoms with Crippen molar-refractivity contribution in [1.82, 2.24) is 25.0 Å². The van der Waals surface area contributed by atoms with Crippen LogP contribution in [0.3, 0.4) is 0 Å². The predicted octanol–water partition coefficient (Wildman–Crippen LogP) is 2.31. The Morgan fingerprint density at radius 2 is 2.22 bits per heavy atom. The molecule has 3 rings (SSSR count). The number of hydrogen-bond donors (Lipinski definition) is 0. The highest BCUT2D eigenvalue weighted by Crippen LogP contribution is 2.26. The summed E-state index contributed by atoms with van der Waals surface area (Å²) in [5.41, 5.74) is 0.439. The van der Waals surface area contributed by atoms with Gasteiger partial charge >= 0.3 is 0 Å². The molecule has 2 aromatic rings. The van der Waals surface area contributed by atoms with E-state index in [2.05, 4.69) is 20.1 Å². The number of nitrogens with zero attached hydrogens (tertiary/aromatic N) is 5. The van der Waals surface area contributed by atoms with E-state index in [0.717, 1.165) is 19.4 Å². The second kappa shape index (κ2) is 6.44. The SMILES string of the molecule is Cc1nccc(C(=O)N2CCC[C@@H](c3noc(C(C)C)n3)C2)n1. The van der Waals surface area contributed by atoms with Crippen LogP contribution in [-0.2, 0) is 0 Å². The van der Waals surface area contributed by atoms with Gasteiger partial charge in [-0.05, 0) is 25.8 Å². The lowest BCUT2D eigenvalue weighted by atomic mass is 9.97. The van der Waals surface area contributed by atoms with Gasteiger partial charge in [0.05, 0.1) is 0 Å². The van der Waals surface area contributed by atoms with Gasteiger partial charge in [-0.3, -0.25) is 4.79 Å². The zero-order chi connectivity index (χ0) is 16.4. The third kappa shape index (κ3) is 3.38. The molecule has 0 bridgehead atoms. The van der Waals surface area contributed by atoms with Crippen molar-refractivity contribution in [1.29, 1.82) is 0 Å². The van der Waals surface area contributed by atoms with Crippen LogP contribution in [0.2, 0.25) is 0 Å². The maximum absolute atomic E-state index is 12.6. The Labute approximate surface area is 135 Å². The van der Waals surface area contributed by atoms with Crippen LogP contribution in [0.1, 0.15) is 66.6 Å². The van der Waals surface area contributed by atoms with Crippen LogP contribution < -0.4 is 0 Å². The first kappa shape index (κ1) is 15.6. The van der Waals surface area contributed by atoms with Crippen LogP contribution in [0.5, 0.6) is 0 Å². The molecule has 0 unspecified atom stereocenters. The zero-order valence-corrected chi connectivity index (χ0v) is 13.7.